The summed E-state index contributed by atoms with van der Waals surface area (Å²) in [6.45, 7) is 11.3. The highest BCUT2D eigenvalue weighted by molar-refractivity contribution is 5.81. The highest BCUT2D eigenvalue weighted by Crippen LogP contribution is 2.36. The number of phenols is 1. The fourth-order valence-electron chi connectivity index (χ4n) is 3.52. The third-order valence-corrected chi connectivity index (χ3v) is 5.28. The van der Waals surface area contributed by atoms with Gasteiger partial charge in [-0.15, -0.1) is 15.0 Å². The molecule has 1 unspecified atom stereocenters. The van der Waals surface area contributed by atoms with Crippen molar-refractivity contribution >= 4 is 23.0 Å². The van der Waals surface area contributed by atoms with Gasteiger partial charge < -0.3 is 14.6 Å². The molecule has 0 bridgehead atoms. The molecule has 0 aliphatic carbocycles. The monoisotopic (exact) mass is 465 g/mol. The lowest BCUT2D eigenvalue weighted by atomic mass is 9.84. The van der Waals surface area contributed by atoms with E-state index < -0.39 is 18.2 Å². The molecule has 180 valence electrons. The Kier molecular flexibility index (Phi) is 7.71. The van der Waals surface area contributed by atoms with Gasteiger partial charge in [0.05, 0.1) is 0 Å². The van der Waals surface area contributed by atoms with Gasteiger partial charge in [-0.25, -0.2) is 4.79 Å². The average molecular weight is 466 g/mol. The largest absolute Gasteiger partial charge is 0.505 e. The van der Waals surface area contributed by atoms with Crippen molar-refractivity contribution in [3.8, 4) is 11.4 Å². The Morgan fingerprint density at radius 2 is 1.79 bits per heavy atom. The Morgan fingerprint density at radius 3 is 2.35 bits per heavy atom. The number of aryl methyl sites for hydroxylation is 1. The number of aromatic hydroxyl groups is 1. The number of fused-ring (bicyclic) bond motifs is 1. The Hall–Kier alpha value is -3.68. The van der Waals surface area contributed by atoms with Gasteiger partial charge >= 0.3 is 11.9 Å². The number of phenolic OH excluding ortho intramolecular Hbond substituents is 1. The lowest BCUT2D eigenvalue weighted by Crippen LogP contribution is -2.24. The second-order valence-corrected chi connectivity index (χ2v) is 9.09. The maximum Gasteiger partial charge on any atom is 0.333 e. The first kappa shape index (κ1) is 25.0. The van der Waals surface area contributed by atoms with E-state index in [1.54, 1.807) is 6.07 Å². The number of carbonyl (C=O) groups is 2. The molecule has 0 amide bonds. The maximum absolute atomic E-state index is 12.5. The molecule has 1 atom stereocenters. The highest BCUT2D eigenvalue weighted by atomic mass is 16.7. The summed E-state index contributed by atoms with van der Waals surface area (Å²) in [6.07, 6.45) is 1.63. The second-order valence-electron chi connectivity index (χ2n) is 9.09. The highest BCUT2D eigenvalue weighted by Gasteiger charge is 2.24. The van der Waals surface area contributed by atoms with E-state index in [0.717, 1.165) is 17.2 Å². The molecule has 0 radical (unpaired) electrons. The number of carbonyl (C=O) groups excluding carboxylic acids is 2. The molecule has 0 spiro atoms. The van der Waals surface area contributed by atoms with Gasteiger partial charge in [0, 0.05) is 24.5 Å². The van der Waals surface area contributed by atoms with Crippen LogP contribution in [0.2, 0.25) is 0 Å². The Balaban J connectivity index is 1.85. The van der Waals surface area contributed by atoms with Crippen molar-refractivity contribution in [1.82, 2.24) is 15.0 Å². The van der Waals surface area contributed by atoms with Gasteiger partial charge in [-0.1, -0.05) is 52.5 Å². The minimum atomic E-state index is -0.941. The van der Waals surface area contributed by atoms with Crippen LogP contribution in [0.1, 0.15) is 58.1 Å². The predicted octanol–water partition coefficient (Wildman–Crippen LogP) is 4.75. The molecule has 0 saturated heterocycles. The molecule has 1 heterocycles. The molecule has 1 N–H and O–H groups in total. The SMILES string of the molecule is C=CC(=O)OC(CCC)OC(=O)CCc1cc(-n2nc3ccccc3n2)c(O)c(C(C)(C)C)c1. The normalized spacial score (nSPS) is 12.4. The minimum absolute atomic E-state index is 0.0775. The summed E-state index contributed by atoms with van der Waals surface area (Å²) in [5, 5.41) is 20.0. The van der Waals surface area contributed by atoms with E-state index in [1.165, 1.54) is 4.80 Å². The summed E-state index contributed by atoms with van der Waals surface area (Å²) in [6, 6.07) is 11.1. The van der Waals surface area contributed by atoms with Crippen LogP contribution in [0.15, 0.2) is 49.1 Å². The van der Waals surface area contributed by atoms with E-state index in [2.05, 4.69) is 16.8 Å². The molecule has 34 heavy (non-hydrogen) atoms. The van der Waals surface area contributed by atoms with Crippen LogP contribution in [0.4, 0.5) is 0 Å². The molecule has 1 aromatic heterocycles. The predicted molar refractivity (Wildman–Crippen MR) is 129 cm³/mol. The van der Waals surface area contributed by atoms with E-state index in [0.29, 0.717) is 36.0 Å². The van der Waals surface area contributed by atoms with Crippen LogP contribution in [-0.4, -0.2) is 38.3 Å². The van der Waals surface area contributed by atoms with Crippen molar-refractivity contribution in [2.45, 2.75) is 65.1 Å². The van der Waals surface area contributed by atoms with Crippen LogP contribution >= 0.6 is 0 Å². The van der Waals surface area contributed by atoms with E-state index in [-0.39, 0.29) is 17.6 Å². The Labute approximate surface area is 199 Å². The van der Waals surface area contributed by atoms with E-state index >= 15 is 0 Å². The quantitative estimate of drug-likeness (QED) is 0.276. The molecule has 0 aliphatic heterocycles. The van der Waals surface area contributed by atoms with Gasteiger partial charge in [0.25, 0.3) is 0 Å². The summed E-state index contributed by atoms with van der Waals surface area (Å²) in [5.41, 5.74) is 3.06. The third kappa shape index (κ3) is 6.01. The molecule has 8 nitrogen and oxygen atoms in total. The average Bonchev–Trinajstić information content (AvgIpc) is 3.21. The first-order chi connectivity index (χ1) is 16.1. The Morgan fingerprint density at radius 1 is 1.15 bits per heavy atom. The van der Waals surface area contributed by atoms with Crippen molar-refractivity contribution in [1.29, 1.82) is 0 Å². The van der Waals surface area contributed by atoms with Crippen LogP contribution < -0.4 is 0 Å². The number of ether oxygens (including phenoxy) is 2. The second kappa shape index (κ2) is 10.5. The number of rotatable bonds is 9. The molecule has 3 rings (SSSR count). The molecule has 3 aromatic rings. The zero-order valence-electron chi connectivity index (χ0n) is 20.1. The number of hydrogen-bond donors (Lipinski definition) is 1. The van der Waals surface area contributed by atoms with Crippen LogP contribution in [0.3, 0.4) is 0 Å². The number of aromatic nitrogens is 3. The van der Waals surface area contributed by atoms with Crippen molar-refractivity contribution < 1.29 is 24.2 Å². The first-order valence-corrected chi connectivity index (χ1v) is 11.3. The van der Waals surface area contributed by atoms with Gasteiger partial charge in [0.2, 0.25) is 6.29 Å². The molecular weight excluding hydrogens is 434 g/mol. The Bertz CT molecular complexity index is 1160. The van der Waals surface area contributed by atoms with Crippen LogP contribution in [0.25, 0.3) is 16.7 Å². The fraction of sp³-hybridized carbons (Fsp3) is 0.385. The van der Waals surface area contributed by atoms with Gasteiger partial charge in [-0.3, -0.25) is 4.79 Å². The van der Waals surface area contributed by atoms with Gasteiger partial charge in [0.15, 0.2) is 0 Å². The van der Waals surface area contributed by atoms with Crippen molar-refractivity contribution in [3.05, 3.63) is 60.2 Å². The van der Waals surface area contributed by atoms with Crippen LogP contribution in [0, 0.1) is 0 Å². The van der Waals surface area contributed by atoms with Gasteiger partial charge in [-0.2, -0.15) is 0 Å². The van der Waals surface area contributed by atoms with Gasteiger partial charge in [-0.05, 0) is 42.0 Å². The molecule has 8 heteroatoms. The molecule has 0 aliphatic rings. The number of esters is 2. The van der Waals surface area contributed by atoms with E-state index in [1.807, 2.05) is 58.0 Å². The molecule has 0 fully saturated rings. The van der Waals surface area contributed by atoms with Crippen molar-refractivity contribution in [2.24, 2.45) is 0 Å². The zero-order valence-corrected chi connectivity index (χ0v) is 20.1. The topological polar surface area (TPSA) is 104 Å². The molecule has 0 saturated carbocycles. The minimum Gasteiger partial charge on any atom is -0.505 e. The lowest BCUT2D eigenvalue weighted by molar-refractivity contribution is -0.185. The first-order valence-electron chi connectivity index (χ1n) is 11.3. The summed E-state index contributed by atoms with van der Waals surface area (Å²) >= 11 is 0. The lowest BCUT2D eigenvalue weighted by Gasteiger charge is -2.23. The summed E-state index contributed by atoms with van der Waals surface area (Å²) in [7, 11) is 0. The standard InChI is InChI=1S/C26H31N3O5/c1-6-10-24(33-22(30)7-2)34-23(31)14-13-17-15-18(26(3,4)5)25(32)21(16-17)29-27-19-11-8-9-12-20(19)28-29/h7-9,11-12,15-16,24,32H,2,6,10,13-14H2,1,3-5H3. The van der Waals surface area contributed by atoms with E-state index in [9.17, 15) is 14.7 Å². The van der Waals surface area contributed by atoms with E-state index in [4.69, 9.17) is 9.47 Å². The molecular formula is C26H31N3O5. The fourth-order valence-corrected chi connectivity index (χ4v) is 3.52. The van der Waals surface area contributed by atoms with Crippen LogP contribution in [-0.2, 0) is 30.9 Å². The number of nitrogens with zero attached hydrogens (tertiary/aromatic N) is 3. The van der Waals surface area contributed by atoms with Gasteiger partial charge in [0.1, 0.15) is 22.5 Å². The van der Waals surface area contributed by atoms with Crippen molar-refractivity contribution in [3.63, 3.8) is 0 Å². The summed E-state index contributed by atoms with van der Waals surface area (Å²) < 4.78 is 10.4. The summed E-state index contributed by atoms with van der Waals surface area (Å²) in [4.78, 5) is 25.4. The molecule has 2 aromatic carbocycles. The third-order valence-electron chi connectivity index (χ3n) is 5.28. The summed E-state index contributed by atoms with van der Waals surface area (Å²) in [5.74, 6) is -1.02. The number of hydrogen-bond acceptors (Lipinski definition) is 7. The van der Waals surface area contributed by atoms with Crippen LogP contribution in [0.5, 0.6) is 5.75 Å². The number of benzene rings is 2. The van der Waals surface area contributed by atoms with Crippen molar-refractivity contribution in [2.75, 3.05) is 0 Å². The zero-order chi connectivity index (χ0) is 24.9. The maximum atomic E-state index is 12.5. The smallest absolute Gasteiger partial charge is 0.333 e.